The SMILES string of the molecule is CN(c1ccc(C#N)c(C(F)(F)F)c1)C1C=C(n2ccnc2)CCC12CC2. The number of alkyl halides is 3. The first kappa shape index (κ1) is 17.7. The monoisotopic (exact) mass is 372 g/mol. The van der Waals surface area contributed by atoms with Gasteiger partial charge in [0.25, 0.3) is 0 Å². The van der Waals surface area contributed by atoms with Crippen LogP contribution in [0.4, 0.5) is 18.9 Å². The Kier molecular flexibility index (Phi) is 4.02. The molecular weight excluding hydrogens is 353 g/mol. The molecule has 0 N–H and O–H groups in total. The molecule has 4 rings (SSSR count). The summed E-state index contributed by atoms with van der Waals surface area (Å²) in [6.07, 6.45) is 7.06. The standard InChI is InChI=1S/C20H19F3N4/c1-26(15-3-2-14(12-24)17(10-15)20(21,22)23)18-11-16(27-9-8-25-13-27)4-5-19(18)6-7-19/h2-3,8-11,13,18H,4-7H2,1H3. The molecule has 1 aromatic heterocycles. The van der Waals surface area contributed by atoms with Crippen molar-refractivity contribution in [2.75, 3.05) is 11.9 Å². The third-order valence-electron chi connectivity index (χ3n) is 5.84. The number of anilines is 1. The zero-order chi connectivity index (χ0) is 19.2. The summed E-state index contributed by atoms with van der Waals surface area (Å²) in [5.74, 6) is 0. The van der Waals surface area contributed by atoms with E-state index in [0.717, 1.165) is 37.4 Å². The summed E-state index contributed by atoms with van der Waals surface area (Å²) in [4.78, 5) is 6.00. The Morgan fingerprint density at radius 1 is 1.30 bits per heavy atom. The van der Waals surface area contributed by atoms with E-state index in [0.29, 0.717) is 5.69 Å². The Balaban J connectivity index is 1.72. The van der Waals surface area contributed by atoms with Gasteiger partial charge in [-0.3, -0.25) is 0 Å². The van der Waals surface area contributed by atoms with Crippen molar-refractivity contribution in [2.24, 2.45) is 5.41 Å². The van der Waals surface area contributed by atoms with E-state index in [1.54, 1.807) is 24.7 Å². The van der Waals surface area contributed by atoms with Crippen molar-refractivity contribution >= 4 is 11.4 Å². The predicted octanol–water partition coefficient (Wildman–Crippen LogP) is 4.69. The van der Waals surface area contributed by atoms with Gasteiger partial charge in [-0.2, -0.15) is 18.4 Å². The van der Waals surface area contributed by atoms with Crippen molar-refractivity contribution < 1.29 is 13.2 Å². The molecule has 0 saturated heterocycles. The summed E-state index contributed by atoms with van der Waals surface area (Å²) in [7, 11) is 1.83. The Morgan fingerprint density at radius 3 is 2.67 bits per heavy atom. The van der Waals surface area contributed by atoms with Gasteiger partial charge < -0.3 is 9.47 Å². The van der Waals surface area contributed by atoms with Crippen LogP contribution < -0.4 is 4.90 Å². The van der Waals surface area contributed by atoms with E-state index in [1.807, 2.05) is 22.7 Å². The van der Waals surface area contributed by atoms with Gasteiger partial charge in [0.15, 0.2) is 0 Å². The summed E-state index contributed by atoms with van der Waals surface area (Å²) in [6, 6.07) is 5.61. The molecule has 0 aliphatic heterocycles. The first-order valence-electron chi connectivity index (χ1n) is 8.87. The maximum absolute atomic E-state index is 13.3. The van der Waals surface area contributed by atoms with Gasteiger partial charge in [0.1, 0.15) is 0 Å². The number of allylic oxidation sites excluding steroid dienone is 1. The van der Waals surface area contributed by atoms with Crippen LogP contribution in [-0.2, 0) is 6.18 Å². The lowest BCUT2D eigenvalue weighted by Crippen LogP contribution is -2.40. The van der Waals surface area contributed by atoms with Crippen molar-refractivity contribution in [2.45, 2.75) is 37.9 Å². The zero-order valence-electron chi connectivity index (χ0n) is 14.9. The highest BCUT2D eigenvalue weighted by Gasteiger charge is 2.51. The van der Waals surface area contributed by atoms with E-state index >= 15 is 0 Å². The number of halogens is 3. The van der Waals surface area contributed by atoms with Crippen molar-refractivity contribution in [3.8, 4) is 6.07 Å². The van der Waals surface area contributed by atoms with E-state index in [1.165, 1.54) is 6.07 Å². The number of imidazole rings is 1. The highest BCUT2D eigenvalue weighted by molar-refractivity contribution is 5.59. The molecule has 0 radical (unpaired) electrons. The largest absolute Gasteiger partial charge is 0.417 e. The van der Waals surface area contributed by atoms with Crippen molar-refractivity contribution in [1.29, 1.82) is 5.26 Å². The average Bonchev–Trinajstić information content (AvgIpc) is 3.19. The highest BCUT2D eigenvalue weighted by atomic mass is 19.4. The van der Waals surface area contributed by atoms with Crippen molar-refractivity contribution in [3.05, 3.63) is 54.1 Å². The van der Waals surface area contributed by atoms with E-state index < -0.39 is 11.7 Å². The number of hydrogen-bond acceptors (Lipinski definition) is 3. The Hall–Kier alpha value is -2.75. The number of likely N-dealkylation sites (N-methyl/N-ethyl adjacent to an activating group) is 1. The molecule has 1 unspecified atom stereocenters. The summed E-state index contributed by atoms with van der Waals surface area (Å²) in [6.45, 7) is 0. The smallest absolute Gasteiger partial charge is 0.368 e. The average molecular weight is 372 g/mol. The molecule has 1 aromatic carbocycles. The third-order valence-corrected chi connectivity index (χ3v) is 5.84. The molecule has 1 heterocycles. The fraction of sp³-hybridized carbons (Fsp3) is 0.400. The van der Waals surface area contributed by atoms with E-state index in [9.17, 15) is 13.2 Å². The molecule has 27 heavy (non-hydrogen) atoms. The second-order valence-electron chi connectivity index (χ2n) is 7.39. The van der Waals surface area contributed by atoms with Crippen LogP contribution in [0.25, 0.3) is 5.70 Å². The molecule has 1 spiro atoms. The molecule has 2 aliphatic carbocycles. The van der Waals surface area contributed by atoms with Gasteiger partial charge in [0, 0.05) is 30.8 Å². The number of benzene rings is 1. The number of aromatic nitrogens is 2. The van der Waals surface area contributed by atoms with E-state index in [2.05, 4.69) is 11.1 Å². The van der Waals surface area contributed by atoms with Crippen molar-refractivity contribution in [3.63, 3.8) is 0 Å². The lowest BCUT2D eigenvalue weighted by molar-refractivity contribution is -0.137. The van der Waals surface area contributed by atoms with Crippen LogP contribution in [0.5, 0.6) is 0 Å². The van der Waals surface area contributed by atoms with Crippen LogP contribution in [0.3, 0.4) is 0 Å². The third kappa shape index (κ3) is 3.09. The predicted molar refractivity (Wildman–Crippen MR) is 95.8 cm³/mol. The second-order valence-corrected chi connectivity index (χ2v) is 7.39. The molecule has 4 nitrogen and oxygen atoms in total. The Morgan fingerprint density at radius 2 is 2.07 bits per heavy atom. The van der Waals surface area contributed by atoms with Crippen LogP contribution in [-0.4, -0.2) is 22.6 Å². The van der Waals surface area contributed by atoms with E-state index in [-0.39, 0.29) is 17.0 Å². The molecule has 2 aromatic rings. The van der Waals surface area contributed by atoms with Crippen LogP contribution in [0.2, 0.25) is 0 Å². The minimum absolute atomic E-state index is 0.0117. The van der Waals surface area contributed by atoms with Gasteiger partial charge in [-0.1, -0.05) is 0 Å². The summed E-state index contributed by atoms with van der Waals surface area (Å²) in [5.41, 5.74) is 0.491. The Labute approximate surface area is 155 Å². The van der Waals surface area contributed by atoms with Crippen LogP contribution in [0, 0.1) is 16.7 Å². The fourth-order valence-corrected chi connectivity index (χ4v) is 4.08. The first-order chi connectivity index (χ1) is 12.8. The van der Waals surface area contributed by atoms with Crippen LogP contribution in [0.1, 0.15) is 36.8 Å². The van der Waals surface area contributed by atoms with Gasteiger partial charge in [0.05, 0.1) is 29.6 Å². The maximum Gasteiger partial charge on any atom is 0.417 e. The molecule has 0 bridgehead atoms. The van der Waals surface area contributed by atoms with Gasteiger partial charge >= 0.3 is 6.18 Å². The van der Waals surface area contributed by atoms with Crippen LogP contribution in [0.15, 0.2) is 43.0 Å². The quantitative estimate of drug-likeness (QED) is 0.785. The molecule has 1 fully saturated rings. The maximum atomic E-state index is 13.3. The molecule has 1 atom stereocenters. The summed E-state index contributed by atoms with van der Waals surface area (Å²) < 4.78 is 42.0. The minimum Gasteiger partial charge on any atom is -0.368 e. The van der Waals surface area contributed by atoms with Gasteiger partial charge in [0.2, 0.25) is 0 Å². The highest BCUT2D eigenvalue weighted by Crippen LogP contribution is 2.58. The molecular formula is C20H19F3N4. The summed E-state index contributed by atoms with van der Waals surface area (Å²) >= 11 is 0. The second kappa shape index (κ2) is 6.15. The lowest BCUT2D eigenvalue weighted by atomic mass is 9.83. The van der Waals surface area contributed by atoms with Gasteiger partial charge in [-0.05, 0) is 55.4 Å². The topological polar surface area (TPSA) is 44.9 Å². The number of rotatable bonds is 3. The van der Waals surface area contributed by atoms with Crippen LogP contribution >= 0.6 is 0 Å². The summed E-state index contributed by atoms with van der Waals surface area (Å²) in [5, 5.41) is 9.01. The van der Waals surface area contributed by atoms with Gasteiger partial charge in [-0.15, -0.1) is 0 Å². The molecule has 2 aliphatic rings. The van der Waals surface area contributed by atoms with E-state index in [4.69, 9.17) is 5.26 Å². The fourth-order valence-electron chi connectivity index (χ4n) is 4.08. The lowest BCUT2D eigenvalue weighted by Gasteiger charge is -2.38. The van der Waals surface area contributed by atoms with Gasteiger partial charge in [-0.25, -0.2) is 4.98 Å². The normalized spacial score (nSPS) is 20.9. The molecule has 0 amide bonds. The first-order valence-corrected chi connectivity index (χ1v) is 8.87. The van der Waals surface area contributed by atoms with Crippen molar-refractivity contribution in [1.82, 2.24) is 9.55 Å². The molecule has 1 saturated carbocycles. The number of hydrogen-bond donors (Lipinski definition) is 0. The molecule has 140 valence electrons. The minimum atomic E-state index is -4.55. The number of nitriles is 1. The zero-order valence-corrected chi connectivity index (χ0v) is 14.9. The Bertz CT molecular complexity index is 918. The number of nitrogens with zero attached hydrogens (tertiary/aromatic N) is 4. The molecule has 7 heteroatoms.